The molecule has 1 fully saturated rings. The molecule has 0 heterocycles. The largest absolute Gasteiger partial charge is 0.426 e. The molecule has 3 atom stereocenters. The number of benzene rings is 2. The van der Waals surface area contributed by atoms with Crippen molar-refractivity contribution in [3.8, 4) is 5.75 Å². The third-order valence-corrected chi connectivity index (χ3v) is 5.07. The second-order valence-corrected chi connectivity index (χ2v) is 6.51. The normalized spacial score (nSPS) is 30.0. The van der Waals surface area contributed by atoms with Gasteiger partial charge < -0.3 is 4.74 Å². The molecule has 2 heteroatoms. The Morgan fingerprint density at radius 1 is 1.14 bits per heavy atom. The van der Waals surface area contributed by atoms with Crippen molar-refractivity contribution >= 4 is 16.7 Å². The van der Waals surface area contributed by atoms with Crippen LogP contribution in [0.4, 0.5) is 0 Å². The van der Waals surface area contributed by atoms with E-state index in [-0.39, 0.29) is 11.4 Å². The van der Waals surface area contributed by atoms with Gasteiger partial charge in [-0.05, 0) is 54.5 Å². The standard InChI is InChI=1S/C19H18O2/c1-19(12-13-6-8-16(19)10-13)18(20)21-17-9-7-14-4-2-3-5-15(14)11-17/h2-9,11,13,16H,10,12H2,1H3/t13-,16-,19+/m0/s1. The fourth-order valence-electron chi connectivity index (χ4n) is 3.78. The third-order valence-electron chi connectivity index (χ3n) is 5.07. The highest BCUT2D eigenvalue weighted by atomic mass is 16.5. The molecule has 106 valence electrons. The number of rotatable bonds is 2. The van der Waals surface area contributed by atoms with Crippen molar-refractivity contribution < 1.29 is 9.53 Å². The summed E-state index contributed by atoms with van der Waals surface area (Å²) in [5.74, 6) is 1.46. The number of allylic oxidation sites excluding steroid dienone is 2. The van der Waals surface area contributed by atoms with Crippen LogP contribution in [0.2, 0.25) is 0 Å². The lowest BCUT2D eigenvalue weighted by molar-refractivity contribution is -0.146. The summed E-state index contributed by atoms with van der Waals surface area (Å²) < 4.78 is 5.69. The molecule has 1 saturated carbocycles. The topological polar surface area (TPSA) is 26.3 Å². The number of carbonyl (C=O) groups is 1. The Morgan fingerprint density at radius 3 is 2.67 bits per heavy atom. The molecule has 0 aliphatic heterocycles. The minimum Gasteiger partial charge on any atom is -0.426 e. The second kappa shape index (κ2) is 4.45. The number of carbonyl (C=O) groups excluding carboxylic acids is 1. The zero-order chi connectivity index (χ0) is 14.4. The second-order valence-electron chi connectivity index (χ2n) is 6.51. The molecule has 2 bridgehead atoms. The van der Waals surface area contributed by atoms with Crippen LogP contribution in [0, 0.1) is 17.3 Å². The van der Waals surface area contributed by atoms with Crippen LogP contribution in [0.15, 0.2) is 54.6 Å². The zero-order valence-corrected chi connectivity index (χ0v) is 12.1. The number of hydrogen-bond acceptors (Lipinski definition) is 2. The van der Waals surface area contributed by atoms with Gasteiger partial charge in [-0.15, -0.1) is 0 Å². The highest BCUT2D eigenvalue weighted by Crippen LogP contribution is 2.52. The highest BCUT2D eigenvalue weighted by molar-refractivity contribution is 5.86. The summed E-state index contributed by atoms with van der Waals surface area (Å²) in [6.07, 6.45) is 6.45. The predicted octanol–water partition coefficient (Wildman–Crippen LogP) is 4.35. The van der Waals surface area contributed by atoms with Gasteiger partial charge >= 0.3 is 5.97 Å². The van der Waals surface area contributed by atoms with Gasteiger partial charge in [0.1, 0.15) is 5.75 Å². The molecule has 0 unspecified atom stereocenters. The van der Waals surface area contributed by atoms with E-state index in [9.17, 15) is 4.79 Å². The molecular formula is C19H18O2. The first kappa shape index (κ1) is 12.6. The lowest BCUT2D eigenvalue weighted by atomic mass is 9.78. The first-order chi connectivity index (χ1) is 10.1. The van der Waals surface area contributed by atoms with Crippen LogP contribution in [0.3, 0.4) is 0 Å². The molecule has 0 spiro atoms. The van der Waals surface area contributed by atoms with E-state index in [0.29, 0.717) is 17.6 Å². The van der Waals surface area contributed by atoms with E-state index in [1.807, 2.05) is 43.3 Å². The quantitative estimate of drug-likeness (QED) is 0.464. The van der Waals surface area contributed by atoms with Crippen molar-refractivity contribution in [3.05, 3.63) is 54.6 Å². The van der Waals surface area contributed by atoms with Crippen molar-refractivity contribution in [2.45, 2.75) is 19.8 Å². The van der Waals surface area contributed by atoms with Crippen molar-refractivity contribution in [1.82, 2.24) is 0 Å². The minimum absolute atomic E-state index is 0.0883. The molecule has 2 aromatic rings. The zero-order valence-electron chi connectivity index (χ0n) is 12.1. The summed E-state index contributed by atoms with van der Waals surface area (Å²) in [6, 6.07) is 13.9. The first-order valence-electron chi connectivity index (χ1n) is 7.54. The van der Waals surface area contributed by atoms with E-state index in [2.05, 4.69) is 18.2 Å². The van der Waals surface area contributed by atoms with Crippen molar-refractivity contribution in [1.29, 1.82) is 0 Å². The summed E-state index contributed by atoms with van der Waals surface area (Å²) in [4.78, 5) is 12.6. The maximum Gasteiger partial charge on any atom is 0.317 e. The summed E-state index contributed by atoms with van der Waals surface area (Å²) in [5.41, 5.74) is -0.356. The monoisotopic (exact) mass is 278 g/mol. The van der Waals surface area contributed by atoms with Gasteiger partial charge in [0.15, 0.2) is 0 Å². The fraction of sp³-hybridized carbons (Fsp3) is 0.316. The number of fused-ring (bicyclic) bond motifs is 3. The molecule has 0 amide bonds. The van der Waals surface area contributed by atoms with Crippen LogP contribution in [-0.2, 0) is 4.79 Å². The van der Waals surface area contributed by atoms with E-state index >= 15 is 0 Å². The van der Waals surface area contributed by atoms with E-state index in [4.69, 9.17) is 4.74 Å². The van der Waals surface area contributed by atoms with Gasteiger partial charge in [-0.25, -0.2) is 0 Å². The predicted molar refractivity (Wildman–Crippen MR) is 83.0 cm³/mol. The van der Waals surface area contributed by atoms with Crippen molar-refractivity contribution in [2.75, 3.05) is 0 Å². The van der Waals surface area contributed by atoms with Crippen LogP contribution < -0.4 is 4.74 Å². The van der Waals surface area contributed by atoms with Crippen LogP contribution in [-0.4, -0.2) is 5.97 Å². The third kappa shape index (κ3) is 1.98. The molecule has 21 heavy (non-hydrogen) atoms. The number of esters is 1. The molecule has 2 nitrogen and oxygen atoms in total. The molecule has 2 aromatic carbocycles. The SMILES string of the molecule is C[C@@]1(C(=O)Oc2ccc3ccccc3c2)C[C@H]2C=C[C@H]1C2. The Hall–Kier alpha value is -2.09. The number of ether oxygens (including phenoxy) is 1. The van der Waals surface area contributed by atoms with Crippen molar-refractivity contribution in [3.63, 3.8) is 0 Å². The first-order valence-corrected chi connectivity index (χ1v) is 7.54. The van der Waals surface area contributed by atoms with Crippen LogP contribution in [0.25, 0.3) is 10.8 Å². The molecule has 2 aliphatic carbocycles. The molecule has 0 radical (unpaired) electrons. The lowest BCUT2D eigenvalue weighted by Gasteiger charge is -2.28. The molecule has 0 N–H and O–H groups in total. The van der Waals surface area contributed by atoms with Gasteiger partial charge in [0.25, 0.3) is 0 Å². The summed E-state index contributed by atoms with van der Waals surface area (Å²) >= 11 is 0. The Bertz CT molecular complexity index is 746. The Morgan fingerprint density at radius 2 is 1.95 bits per heavy atom. The lowest BCUT2D eigenvalue weighted by Crippen LogP contribution is -2.35. The van der Waals surface area contributed by atoms with Crippen LogP contribution >= 0.6 is 0 Å². The van der Waals surface area contributed by atoms with Gasteiger partial charge in [0.05, 0.1) is 5.41 Å². The highest BCUT2D eigenvalue weighted by Gasteiger charge is 2.51. The van der Waals surface area contributed by atoms with Crippen LogP contribution in [0.1, 0.15) is 19.8 Å². The number of hydrogen-bond donors (Lipinski definition) is 0. The van der Waals surface area contributed by atoms with Gasteiger partial charge in [0, 0.05) is 0 Å². The minimum atomic E-state index is -0.356. The summed E-state index contributed by atoms with van der Waals surface area (Å²) in [6.45, 7) is 2.05. The molecular weight excluding hydrogens is 260 g/mol. The fourth-order valence-corrected chi connectivity index (χ4v) is 3.78. The van der Waals surface area contributed by atoms with Gasteiger partial charge in [-0.2, -0.15) is 0 Å². The molecule has 4 rings (SSSR count). The maximum absolute atomic E-state index is 12.6. The van der Waals surface area contributed by atoms with Gasteiger partial charge in [-0.3, -0.25) is 4.79 Å². The average molecular weight is 278 g/mol. The molecule has 0 saturated heterocycles. The van der Waals surface area contributed by atoms with E-state index in [1.165, 1.54) is 0 Å². The van der Waals surface area contributed by atoms with Gasteiger partial charge in [-0.1, -0.05) is 42.5 Å². The van der Waals surface area contributed by atoms with Crippen molar-refractivity contribution in [2.24, 2.45) is 17.3 Å². The van der Waals surface area contributed by atoms with E-state index in [1.54, 1.807) is 0 Å². The van der Waals surface area contributed by atoms with Crippen LogP contribution in [0.5, 0.6) is 5.75 Å². The van der Waals surface area contributed by atoms with E-state index in [0.717, 1.165) is 23.6 Å². The maximum atomic E-state index is 12.6. The summed E-state index contributed by atoms with van der Waals surface area (Å²) in [7, 11) is 0. The van der Waals surface area contributed by atoms with Gasteiger partial charge in [0.2, 0.25) is 0 Å². The molecule has 0 aromatic heterocycles. The summed E-state index contributed by atoms with van der Waals surface area (Å²) in [5, 5.41) is 2.26. The molecule has 2 aliphatic rings. The van der Waals surface area contributed by atoms with E-state index < -0.39 is 0 Å². The Labute approximate surface area is 124 Å². The smallest absolute Gasteiger partial charge is 0.317 e. The average Bonchev–Trinajstić information content (AvgIpc) is 3.08. The Balaban J connectivity index is 1.60. The Kier molecular flexibility index (Phi) is 2.68.